The molecule has 3 aliphatic heterocycles. The number of aromatic amines is 1. The van der Waals surface area contributed by atoms with Crippen LogP contribution >= 0.6 is 11.6 Å². The highest BCUT2D eigenvalue weighted by molar-refractivity contribution is 6.33. The highest BCUT2D eigenvalue weighted by Gasteiger charge is 2.46. The summed E-state index contributed by atoms with van der Waals surface area (Å²) in [5, 5.41) is 9.81. The molecule has 3 aliphatic rings. The van der Waals surface area contributed by atoms with Crippen molar-refractivity contribution in [1.29, 1.82) is 0 Å². The number of hydrogen-bond acceptors (Lipinski definition) is 10. The first-order valence-electron chi connectivity index (χ1n) is 18.1. The van der Waals surface area contributed by atoms with Gasteiger partial charge in [0.05, 0.1) is 28.0 Å². The molecule has 2 saturated heterocycles. The molecule has 4 N–H and O–H groups in total. The summed E-state index contributed by atoms with van der Waals surface area (Å²) in [4.78, 5) is 90.9. The average Bonchev–Trinajstić information content (AvgIpc) is 3.71. The van der Waals surface area contributed by atoms with Gasteiger partial charge in [-0.05, 0) is 50.3 Å². The second-order valence-electron chi connectivity index (χ2n) is 13.5. The van der Waals surface area contributed by atoms with Gasteiger partial charge in [0, 0.05) is 61.2 Å². The molecule has 16 heteroatoms. The Morgan fingerprint density at radius 1 is 0.981 bits per heavy atom. The van der Waals surface area contributed by atoms with Crippen LogP contribution in [0.25, 0.3) is 22.2 Å². The van der Waals surface area contributed by atoms with Crippen molar-refractivity contribution in [3.05, 3.63) is 71.0 Å². The van der Waals surface area contributed by atoms with Crippen LogP contribution in [0.4, 0.5) is 5.95 Å². The number of rotatable bonds is 13. The van der Waals surface area contributed by atoms with Gasteiger partial charge in [0.1, 0.15) is 11.8 Å². The Bertz CT molecular complexity index is 2140. The summed E-state index contributed by atoms with van der Waals surface area (Å²) >= 11 is 6.50. The van der Waals surface area contributed by atoms with Crippen molar-refractivity contribution in [2.45, 2.75) is 63.5 Å². The number of aromatic nitrogens is 3. The Morgan fingerprint density at radius 2 is 1.83 bits per heavy atom. The smallest absolute Gasteiger partial charge is 0.266 e. The minimum absolute atomic E-state index is 0.00282. The van der Waals surface area contributed by atoms with E-state index in [9.17, 15) is 28.8 Å². The SMILES string of the molecule is O=C(COc1cccc2c1C(=O)N(C1CCC(=O)NC1=O)C2=O)NCCCCCC(=O)N1CCC[C@@H](Nc2ncc(Cl)c(-c3c[nH]c4ccccc34)n2)C1. The number of imide groups is 2. The molecule has 2 fully saturated rings. The Kier molecular flexibility index (Phi) is 10.9. The van der Waals surface area contributed by atoms with Crippen molar-refractivity contribution in [3.63, 3.8) is 0 Å². The third-order valence-electron chi connectivity index (χ3n) is 9.87. The second-order valence-corrected chi connectivity index (χ2v) is 13.9. The fraction of sp³-hybridized carbons (Fsp3) is 0.368. The van der Waals surface area contributed by atoms with Gasteiger partial charge in [-0.2, -0.15) is 0 Å². The highest BCUT2D eigenvalue weighted by Crippen LogP contribution is 2.34. The van der Waals surface area contributed by atoms with Crippen LogP contribution in [0.5, 0.6) is 5.75 Å². The lowest BCUT2D eigenvalue weighted by Crippen LogP contribution is -2.54. The molecule has 7 rings (SSSR count). The van der Waals surface area contributed by atoms with E-state index in [4.69, 9.17) is 21.3 Å². The molecular weight excluding hydrogens is 716 g/mol. The van der Waals surface area contributed by atoms with Crippen molar-refractivity contribution < 1.29 is 33.5 Å². The largest absolute Gasteiger partial charge is 0.483 e. The van der Waals surface area contributed by atoms with E-state index in [0.29, 0.717) is 55.6 Å². The molecular formula is C38H39ClN8O7. The van der Waals surface area contributed by atoms with Crippen molar-refractivity contribution in [2.75, 3.05) is 31.6 Å². The number of nitrogens with one attached hydrogen (secondary N) is 4. The molecule has 0 aliphatic carbocycles. The van der Waals surface area contributed by atoms with Crippen molar-refractivity contribution in [1.82, 2.24) is 35.4 Å². The van der Waals surface area contributed by atoms with E-state index in [1.165, 1.54) is 18.2 Å². The summed E-state index contributed by atoms with van der Waals surface area (Å²) in [6, 6.07) is 11.3. The third-order valence-corrected chi connectivity index (χ3v) is 10.2. The number of halogens is 1. The first-order chi connectivity index (χ1) is 26.2. The van der Waals surface area contributed by atoms with Crippen LogP contribution in [0.2, 0.25) is 5.02 Å². The third kappa shape index (κ3) is 7.76. The molecule has 5 heterocycles. The molecule has 54 heavy (non-hydrogen) atoms. The van der Waals surface area contributed by atoms with Crippen molar-refractivity contribution >= 4 is 63.9 Å². The van der Waals surface area contributed by atoms with Crippen LogP contribution in [0.3, 0.4) is 0 Å². The van der Waals surface area contributed by atoms with E-state index in [1.807, 2.05) is 35.4 Å². The molecule has 2 aromatic heterocycles. The van der Waals surface area contributed by atoms with E-state index in [1.54, 1.807) is 6.20 Å². The number of para-hydroxylation sites is 1. The van der Waals surface area contributed by atoms with Gasteiger partial charge in [0.25, 0.3) is 17.7 Å². The normalized spacial score (nSPS) is 18.5. The zero-order valence-electron chi connectivity index (χ0n) is 29.4. The fourth-order valence-electron chi connectivity index (χ4n) is 7.16. The van der Waals surface area contributed by atoms with Crippen LogP contribution in [0.15, 0.2) is 54.9 Å². The molecule has 280 valence electrons. The van der Waals surface area contributed by atoms with Crippen LogP contribution in [-0.4, -0.2) is 98.5 Å². The summed E-state index contributed by atoms with van der Waals surface area (Å²) in [6.45, 7) is 1.23. The number of anilines is 1. The summed E-state index contributed by atoms with van der Waals surface area (Å²) in [6.07, 6.45) is 7.72. The number of unbranched alkanes of at least 4 members (excludes halogenated alkanes) is 2. The summed E-state index contributed by atoms with van der Waals surface area (Å²) in [7, 11) is 0. The number of nitrogens with zero attached hydrogens (tertiary/aromatic N) is 4. The maximum Gasteiger partial charge on any atom is 0.266 e. The molecule has 0 spiro atoms. The summed E-state index contributed by atoms with van der Waals surface area (Å²) in [5.74, 6) is -2.35. The summed E-state index contributed by atoms with van der Waals surface area (Å²) in [5.41, 5.74) is 2.56. The van der Waals surface area contributed by atoms with Crippen molar-refractivity contribution in [3.8, 4) is 17.0 Å². The van der Waals surface area contributed by atoms with Crippen LogP contribution < -0.4 is 20.7 Å². The Labute approximate surface area is 315 Å². The quantitative estimate of drug-likeness (QED) is 0.115. The van der Waals surface area contributed by atoms with E-state index < -0.39 is 35.6 Å². The van der Waals surface area contributed by atoms with Gasteiger partial charge in [-0.1, -0.05) is 42.3 Å². The number of piperidine rings is 2. The minimum Gasteiger partial charge on any atom is -0.483 e. The van der Waals surface area contributed by atoms with Crippen LogP contribution in [-0.2, 0) is 19.2 Å². The zero-order chi connectivity index (χ0) is 37.8. The van der Waals surface area contributed by atoms with Gasteiger partial charge in [-0.3, -0.25) is 39.0 Å². The molecule has 0 saturated carbocycles. The number of carbonyl (C=O) groups is 6. The standard InChI is InChI=1S/C38H39ClN8O7/c39-26-19-42-38(45-34(26)25-18-41-27-11-4-3-9-23(25)27)43-22-8-7-17-46(20-22)32(50)13-2-1-5-16-40-31(49)21-54-29-12-6-10-24-33(29)37(53)47(36(24)52)28-14-15-30(48)44-35(28)51/h3-4,6,9-12,18-19,22,28,41H,1-2,5,7-8,13-17,20-21H2,(H,40,49)(H,42,43,45)(H,44,48,51)/t22-,28?/m1/s1. The van der Waals surface area contributed by atoms with Crippen molar-refractivity contribution in [2.24, 2.45) is 0 Å². The number of H-pyrrole nitrogens is 1. The van der Waals surface area contributed by atoms with E-state index in [2.05, 4.69) is 25.9 Å². The topological polar surface area (TPSA) is 196 Å². The number of ether oxygens (including phenoxy) is 1. The maximum atomic E-state index is 13.2. The highest BCUT2D eigenvalue weighted by atomic mass is 35.5. The molecule has 2 aromatic carbocycles. The fourth-order valence-corrected chi connectivity index (χ4v) is 7.35. The average molecular weight is 755 g/mol. The first-order valence-corrected chi connectivity index (χ1v) is 18.4. The number of carbonyl (C=O) groups excluding carboxylic acids is 6. The lowest BCUT2D eigenvalue weighted by molar-refractivity contribution is -0.136. The molecule has 15 nitrogen and oxygen atoms in total. The second kappa shape index (κ2) is 16.0. The first kappa shape index (κ1) is 36.5. The molecule has 0 radical (unpaired) electrons. The summed E-state index contributed by atoms with van der Waals surface area (Å²) < 4.78 is 5.64. The Morgan fingerprint density at radius 3 is 2.69 bits per heavy atom. The lowest BCUT2D eigenvalue weighted by Gasteiger charge is -2.33. The predicted molar refractivity (Wildman–Crippen MR) is 198 cm³/mol. The van der Waals surface area contributed by atoms with E-state index >= 15 is 0 Å². The Hall–Kier alpha value is -5.83. The number of likely N-dealkylation sites (tertiary alicyclic amines) is 1. The van der Waals surface area contributed by atoms with Gasteiger partial charge in [-0.25, -0.2) is 9.97 Å². The van der Waals surface area contributed by atoms with Gasteiger partial charge in [0.15, 0.2) is 6.61 Å². The van der Waals surface area contributed by atoms with E-state index in [-0.39, 0.29) is 48.3 Å². The minimum atomic E-state index is -1.10. The van der Waals surface area contributed by atoms with Crippen LogP contribution in [0.1, 0.15) is 72.1 Å². The Balaban J connectivity index is 0.821. The predicted octanol–water partition coefficient (Wildman–Crippen LogP) is 3.84. The maximum absolute atomic E-state index is 13.2. The molecule has 1 unspecified atom stereocenters. The molecule has 4 aromatic rings. The zero-order valence-corrected chi connectivity index (χ0v) is 30.1. The van der Waals surface area contributed by atoms with Gasteiger partial charge in [-0.15, -0.1) is 0 Å². The van der Waals surface area contributed by atoms with Gasteiger partial charge >= 0.3 is 0 Å². The monoisotopic (exact) mass is 754 g/mol. The number of fused-ring (bicyclic) bond motifs is 2. The molecule has 6 amide bonds. The lowest BCUT2D eigenvalue weighted by atomic mass is 10.0. The molecule has 2 atom stereocenters. The number of amides is 6. The number of hydrogen-bond donors (Lipinski definition) is 4. The van der Waals surface area contributed by atoms with E-state index in [0.717, 1.165) is 40.6 Å². The van der Waals surface area contributed by atoms with Gasteiger partial charge in [0.2, 0.25) is 23.7 Å². The van der Waals surface area contributed by atoms with Crippen LogP contribution in [0, 0.1) is 0 Å². The van der Waals surface area contributed by atoms with Gasteiger partial charge < -0.3 is 25.3 Å². The number of benzene rings is 2. The molecule has 0 bridgehead atoms.